The molecule has 0 bridgehead atoms. The lowest BCUT2D eigenvalue weighted by Gasteiger charge is -2.32. The lowest BCUT2D eigenvalue weighted by Crippen LogP contribution is -2.45. The molecule has 0 aliphatic rings. The van der Waals surface area contributed by atoms with E-state index in [-0.39, 0.29) is 10.8 Å². The Morgan fingerprint density at radius 2 is 0.977 bits per heavy atom. The van der Waals surface area contributed by atoms with Crippen LogP contribution in [0.1, 0.15) is 134 Å². The van der Waals surface area contributed by atoms with Crippen LogP contribution in [0.2, 0.25) is 0 Å². The van der Waals surface area contributed by atoms with Crippen molar-refractivity contribution in [2.24, 2.45) is 5.41 Å². The molecule has 0 heterocycles. The Morgan fingerprint density at radius 1 is 0.628 bits per heavy atom. The fraction of sp³-hybridized carbons (Fsp3) is 0.812. The van der Waals surface area contributed by atoms with Gasteiger partial charge in [-0.05, 0) is 53.7 Å². The van der Waals surface area contributed by atoms with Crippen LogP contribution in [0.4, 0.5) is 0 Å². The molecule has 0 saturated heterocycles. The Labute approximate surface area is 263 Å². The quantitative estimate of drug-likeness (QED) is 0.0643. The first kappa shape index (κ1) is 42.7. The molecule has 254 valence electrons. The highest BCUT2D eigenvalue weighted by molar-refractivity contribution is 7.53. The Bertz CT molecular complexity index is 814. The Hall–Kier alpha value is -0.280. The number of hydrogen-bond acceptors (Lipinski definition) is 9. The van der Waals surface area contributed by atoms with Gasteiger partial charge in [-0.25, -0.2) is 4.31 Å². The number of benzene rings is 1. The molecule has 43 heavy (non-hydrogen) atoms. The van der Waals surface area contributed by atoms with Crippen LogP contribution >= 0.6 is 17.2 Å². The zero-order chi connectivity index (χ0) is 33.3. The maximum absolute atomic E-state index is 10.2. The molecule has 0 spiro atoms. The maximum Gasteiger partial charge on any atom is 0.334 e. The van der Waals surface area contributed by atoms with E-state index in [1.807, 2.05) is 0 Å². The smallest absolute Gasteiger partial charge is 0.334 e. The zero-order valence-corrected chi connectivity index (χ0v) is 29.5. The summed E-state index contributed by atoms with van der Waals surface area (Å²) >= 11 is 0. The summed E-state index contributed by atoms with van der Waals surface area (Å²) in [5.74, 6) is 0. The molecule has 0 aliphatic heterocycles. The van der Waals surface area contributed by atoms with Crippen LogP contribution in [0.25, 0.3) is 0 Å². The van der Waals surface area contributed by atoms with Crippen LogP contribution in [0.15, 0.2) is 12.1 Å². The molecule has 0 amide bonds. The van der Waals surface area contributed by atoms with Gasteiger partial charge in [0.15, 0.2) is 0 Å². The van der Waals surface area contributed by atoms with Crippen molar-refractivity contribution in [2.75, 3.05) is 19.8 Å². The monoisotopic (exact) mass is 652 g/mol. The summed E-state index contributed by atoms with van der Waals surface area (Å²) in [5, 5.41) is 38.4. The van der Waals surface area contributed by atoms with Crippen LogP contribution in [-0.2, 0) is 21.6 Å². The van der Waals surface area contributed by atoms with Gasteiger partial charge in [0.2, 0.25) is 0 Å². The average Bonchev–Trinajstić information content (AvgIpc) is 2.89. The van der Waals surface area contributed by atoms with Crippen molar-refractivity contribution in [3.8, 4) is 0 Å². The van der Waals surface area contributed by atoms with E-state index in [0.717, 1.165) is 19.3 Å². The number of rotatable bonds is 19. The summed E-state index contributed by atoms with van der Waals surface area (Å²) < 4.78 is 3.60. The van der Waals surface area contributed by atoms with Crippen LogP contribution in [0.3, 0.4) is 0 Å². The molecular weight excluding hydrogens is 590 g/mol. The lowest BCUT2D eigenvalue weighted by atomic mass is 9.74. The topological polar surface area (TPSA) is 171 Å². The van der Waals surface area contributed by atoms with E-state index >= 15 is 0 Å². The van der Waals surface area contributed by atoms with E-state index in [1.54, 1.807) is 5.56 Å². The van der Waals surface area contributed by atoms with Gasteiger partial charge in [0.25, 0.3) is 0 Å². The summed E-state index contributed by atoms with van der Waals surface area (Å²) in [6.45, 7) is 15.1. The highest BCUT2D eigenvalue weighted by Crippen LogP contribution is 2.41. The predicted octanol–water partition coefficient (Wildman–Crippen LogP) is 6.17. The molecule has 0 aliphatic carbocycles. The van der Waals surface area contributed by atoms with Gasteiger partial charge < -0.3 is 40.0 Å². The van der Waals surface area contributed by atoms with Crippen LogP contribution in [-0.4, -0.2) is 65.9 Å². The molecule has 1 rings (SSSR count). The van der Waals surface area contributed by atoms with Gasteiger partial charge in [-0.1, -0.05) is 117 Å². The highest BCUT2D eigenvalue weighted by Gasteiger charge is 2.36. The number of unbranched alkanes of at least 4 members (excludes halogenated alkanes) is 9. The minimum Gasteiger partial charge on any atom is -0.396 e. The summed E-state index contributed by atoms with van der Waals surface area (Å²) in [6, 6.07) is 4.82. The van der Waals surface area contributed by atoms with Gasteiger partial charge in [0.1, 0.15) is 0 Å². The molecule has 0 aromatic heterocycles. The maximum atomic E-state index is 10.2. The molecule has 8 N–H and O–H groups in total. The second-order valence-corrected chi connectivity index (χ2v) is 15.5. The third-order valence-electron chi connectivity index (χ3n) is 7.96. The van der Waals surface area contributed by atoms with Gasteiger partial charge >= 0.3 is 17.2 Å². The minimum absolute atomic E-state index is 0.166. The lowest BCUT2D eigenvalue weighted by molar-refractivity contribution is -0.0863. The normalized spacial score (nSPS) is 13.4. The van der Waals surface area contributed by atoms with Gasteiger partial charge in [-0.3, -0.25) is 0 Å². The van der Waals surface area contributed by atoms with E-state index in [0.29, 0.717) is 6.42 Å². The summed E-state index contributed by atoms with van der Waals surface area (Å²) in [6.07, 6.45) is 12.8. The number of hydrogen-bond donors (Lipinski definition) is 8. The molecule has 0 fully saturated rings. The third-order valence-corrected chi connectivity index (χ3v) is 9.13. The molecule has 9 nitrogen and oxygen atoms in total. The Balaban J connectivity index is 0.00000223. The van der Waals surface area contributed by atoms with Crippen molar-refractivity contribution >= 4 is 17.2 Å². The van der Waals surface area contributed by atoms with Gasteiger partial charge in [-0.15, -0.1) is 0 Å². The Kier molecular flexibility index (Phi) is 21.4. The van der Waals surface area contributed by atoms with E-state index in [2.05, 4.69) is 64.9 Å². The van der Waals surface area contributed by atoms with Crippen molar-refractivity contribution in [3.63, 3.8) is 0 Å². The standard InChI is InChI=1S/C32H58O4.H4O5P2/c1-25-20-27(30(2,3)4)26(28(21-25)31(5,6)7)18-16-14-12-10-8-9-11-13-15-17-19-29(36)32(22-33,23-34)24-35;1-6(2)5-7(3)4/h20-21,29,33-36H,8-19,22-24H2,1-7H3;1-4H. The van der Waals surface area contributed by atoms with Crippen LogP contribution < -0.4 is 0 Å². The molecule has 1 unspecified atom stereocenters. The summed E-state index contributed by atoms with van der Waals surface area (Å²) in [7, 11) is -5.22. The van der Waals surface area contributed by atoms with E-state index in [1.165, 1.54) is 68.1 Å². The molecule has 0 saturated carbocycles. The fourth-order valence-electron chi connectivity index (χ4n) is 5.32. The van der Waals surface area contributed by atoms with Crippen molar-refractivity contribution < 1.29 is 44.3 Å². The number of aliphatic hydroxyl groups is 4. The molecule has 1 atom stereocenters. The number of aryl methyl sites for hydroxylation is 1. The molecule has 1 aromatic carbocycles. The minimum atomic E-state index is -2.61. The fourth-order valence-corrected chi connectivity index (χ4v) is 5.84. The summed E-state index contributed by atoms with van der Waals surface area (Å²) in [4.78, 5) is 31.3. The van der Waals surface area contributed by atoms with Crippen LogP contribution in [0.5, 0.6) is 0 Å². The first-order chi connectivity index (χ1) is 19.9. The largest absolute Gasteiger partial charge is 0.396 e. The molecule has 11 heteroatoms. The second kappa shape index (κ2) is 21.5. The second-order valence-electron chi connectivity index (χ2n) is 13.9. The molecule has 1 aromatic rings. The van der Waals surface area contributed by atoms with Gasteiger partial charge in [0, 0.05) is 0 Å². The van der Waals surface area contributed by atoms with Gasteiger partial charge in [-0.2, -0.15) is 0 Å². The van der Waals surface area contributed by atoms with Crippen LogP contribution in [0, 0.1) is 12.3 Å². The van der Waals surface area contributed by atoms with Crippen molar-refractivity contribution in [1.29, 1.82) is 0 Å². The first-order valence-corrected chi connectivity index (χ1v) is 18.0. The zero-order valence-electron chi connectivity index (χ0n) is 27.7. The van der Waals surface area contributed by atoms with Gasteiger partial charge in [0.05, 0.1) is 31.3 Å². The van der Waals surface area contributed by atoms with Crippen molar-refractivity contribution in [1.82, 2.24) is 0 Å². The van der Waals surface area contributed by atoms with E-state index < -0.39 is 48.5 Å². The number of aliphatic hydroxyl groups excluding tert-OH is 4. The molecule has 0 radical (unpaired) electrons. The van der Waals surface area contributed by atoms with Crippen molar-refractivity contribution in [2.45, 2.75) is 142 Å². The summed E-state index contributed by atoms with van der Waals surface area (Å²) in [5.41, 5.74) is 5.16. The van der Waals surface area contributed by atoms with E-state index in [9.17, 15) is 20.4 Å². The SMILES string of the molecule is Cc1cc(C(C)(C)C)c(CCCCCCCCCCCCC(O)C(CO)(CO)CO)c(C(C)(C)C)c1.OP(O)OP(O)O. The van der Waals surface area contributed by atoms with Crippen molar-refractivity contribution in [3.05, 3.63) is 34.4 Å². The Morgan fingerprint density at radius 3 is 1.28 bits per heavy atom. The highest BCUT2D eigenvalue weighted by atomic mass is 31.2. The molecular formula is C32H62O9P2. The third kappa shape index (κ3) is 17.3. The van der Waals surface area contributed by atoms with E-state index in [4.69, 9.17) is 19.6 Å². The average molecular weight is 653 g/mol. The predicted molar refractivity (Wildman–Crippen MR) is 177 cm³/mol. The first-order valence-electron chi connectivity index (χ1n) is 15.6.